The van der Waals surface area contributed by atoms with Crippen LogP contribution in [-0.2, 0) is 19.4 Å². The van der Waals surface area contributed by atoms with Gasteiger partial charge in [-0.3, -0.25) is 9.59 Å². The molecule has 2 amide bonds. The molecular weight excluding hydrogens is 476 g/mol. The smallest absolute Gasteiger partial charge is 0.273 e. The Morgan fingerprint density at radius 2 is 2.09 bits per heavy atom. The van der Waals surface area contributed by atoms with E-state index in [4.69, 9.17) is 13.6 Å². The van der Waals surface area contributed by atoms with Crippen LogP contribution in [0.1, 0.15) is 40.8 Å². The van der Waals surface area contributed by atoms with Crippen LogP contribution in [0.15, 0.2) is 23.2 Å². The first-order valence-electron chi connectivity index (χ1n) is 12.3. The summed E-state index contributed by atoms with van der Waals surface area (Å²) >= 11 is 0. The Balaban J connectivity index is 1.67. The molecule has 0 bridgehead atoms. The van der Waals surface area contributed by atoms with Crippen molar-refractivity contribution in [2.45, 2.75) is 37.2 Å². The number of carbonyl (C=O) groups excluding carboxylic acids is 2. The van der Waals surface area contributed by atoms with Gasteiger partial charge in [0.25, 0.3) is 5.91 Å². The molecule has 2 atom stereocenters. The van der Waals surface area contributed by atoms with Crippen molar-refractivity contribution in [3.8, 4) is 5.75 Å². The Hall–Kier alpha value is -3.32. The first kappa shape index (κ1) is 21.0. The van der Waals surface area contributed by atoms with Crippen molar-refractivity contribution in [3.63, 3.8) is 0 Å². The quantitative estimate of drug-likeness (QED) is 0.430. The van der Waals surface area contributed by atoms with E-state index in [0.717, 1.165) is 25.5 Å². The normalized spacial score (nSPS) is 20.1. The number of aromatic nitrogens is 3. The van der Waals surface area contributed by atoms with Crippen molar-refractivity contribution in [1.29, 1.82) is 0 Å². The Bertz CT molecular complexity index is 1370. The van der Waals surface area contributed by atoms with Gasteiger partial charge in [-0.25, -0.2) is 13.4 Å². The number of anilines is 3. The highest BCUT2D eigenvalue weighted by Gasteiger charge is 2.65. The number of hydrogen-bond acceptors (Lipinski definition) is 10. The van der Waals surface area contributed by atoms with E-state index < -0.39 is 28.4 Å². The van der Waals surface area contributed by atoms with Crippen LogP contribution in [-0.4, -0.2) is 68.5 Å². The van der Waals surface area contributed by atoms with Crippen molar-refractivity contribution in [2.24, 2.45) is 11.3 Å². The van der Waals surface area contributed by atoms with Gasteiger partial charge in [0.1, 0.15) is 22.6 Å². The van der Waals surface area contributed by atoms with Gasteiger partial charge in [0.15, 0.2) is 21.3 Å². The molecular formula is C22H28N6O6S. The van der Waals surface area contributed by atoms with E-state index in [9.17, 15) is 18.0 Å². The number of pyridine rings is 1. The number of methoxy groups -OCH3 is 1. The third-order valence-electron chi connectivity index (χ3n) is 5.99. The Morgan fingerprint density at radius 1 is 1.31 bits per heavy atom. The van der Waals surface area contributed by atoms with Gasteiger partial charge in [-0.05, 0) is 31.6 Å². The largest absolute Gasteiger partial charge is 0.487 e. The van der Waals surface area contributed by atoms with E-state index in [0.29, 0.717) is 0 Å². The highest BCUT2D eigenvalue weighted by atomic mass is 32.2. The second-order valence-corrected chi connectivity index (χ2v) is 10.8. The molecule has 0 aliphatic heterocycles. The molecule has 1 spiro atoms. The maximum absolute atomic E-state index is 12.7. The summed E-state index contributed by atoms with van der Waals surface area (Å²) in [5, 5.41) is 14.9. The second kappa shape index (κ2) is 9.38. The third-order valence-corrected chi connectivity index (χ3v) is 7.10. The first-order chi connectivity index (χ1) is 17.7. The van der Waals surface area contributed by atoms with Crippen LogP contribution in [0.5, 0.6) is 5.75 Å². The predicted octanol–water partition coefficient (Wildman–Crippen LogP) is 1.53. The topological polar surface area (TPSA) is 162 Å². The summed E-state index contributed by atoms with van der Waals surface area (Å²) in [5.74, 6) is -1.45. The highest BCUT2D eigenvalue weighted by Crippen LogP contribution is 2.70. The number of rotatable bonds is 10. The summed E-state index contributed by atoms with van der Waals surface area (Å²) in [7, 11) is -2.36. The third kappa shape index (κ3) is 5.51. The Kier molecular flexibility index (Phi) is 5.63. The first-order valence-corrected chi connectivity index (χ1v) is 12.7. The van der Waals surface area contributed by atoms with Crippen molar-refractivity contribution in [1.82, 2.24) is 20.5 Å². The average molecular weight is 508 g/mol. The van der Waals surface area contributed by atoms with Gasteiger partial charge < -0.3 is 25.4 Å². The molecule has 4 rings (SSSR count). The minimum atomic E-state index is -3.86. The van der Waals surface area contributed by atoms with Crippen LogP contribution < -0.4 is 20.7 Å². The van der Waals surface area contributed by atoms with E-state index >= 15 is 0 Å². The summed E-state index contributed by atoms with van der Waals surface area (Å²) in [4.78, 5) is 29.2. The van der Waals surface area contributed by atoms with Gasteiger partial charge in [0.2, 0.25) is 5.91 Å². The molecule has 0 aromatic carbocycles. The molecule has 2 aliphatic carbocycles. The fourth-order valence-corrected chi connectivity index (χ4v) is 4.70. The fraction of sp³-hybridized carbons (Fsp3) is 0.500. The number of sulfone groups is 1. The summed E-state index contributed by atoms with van der Waals surface area (Å²) in [5.41, 5.74) is -0.468. The lowest BCUT2D eigenvalue weighted by atomic mass is 10.2. The monoisotopic (exact) mass is 507 g/mol. The maximum Gasteiger partial charge on any atom is 0.273 e. The maximum atomic E-state index is 12.7. The molecule has 2 aliphatic rings. The lowest BCUT2D eigenvalue weighted by molar-refractivity contribution is -0.117. The van der Waals surface area contributed by atoms with Crippen LogP contribution in [0.2, 0.25) is 0 Å². The summed E-state index contributed by atoms with van der Waals surface area (Å²) in [6.45, 7) is -0.826. The van der Waals surface area contributed by atoms with Crippen LogP contribution in [0.25, 0.3) is 0 Å². The zero-order valence-corrected chi connectivity index (χ0v) is 20.2. The Labute approximate surface area is 207 Å². The molecule has 0 radical (unpaired) electrons. The second-order valence-electron chi connectivity index (χ2n) is 8.85. The van der Waals surface area contributed by atoms with Crippen molar-refractivity contribution in [3.05, 3.63) is 24.0 Å². The fourth-order valence-electron chi connectivity index (χ4n) is 3.92. The van der Waals surface area contributed by atoms with Gasteiger partial charge in [0.05, 0.1) is 18.5 Å². The van der Waals surface area contributed by atoms with Gasteiger partial charge in [-0.15, -0.1) is 10.2 Å². The zero-order valence-electron chi connectivity index (χ0n) is 22.4. The minimum absolute atomic E-state index is 0.000108. The van der Waals surface area contributed by atoms with E-state index in [2.05, 4.69) is 25.8 Å². The van der Waals surface area contributed by atoms with Crippen LogP contribution in [0.4, 0.5) is 17.3 Å². The van der Waals surface area contributed by atoms with E-state index in [1.807, 2.05) is 5.32 Å². The van der Waals surface area contributed by atoms with Gasteiger partial charge in [-0.2, -0.15) is 0 Å². The molecule has 0 unspecified atom stereocenters. The van der Waals surface area contributed by atoms with Gasteiger partial charge in [0, 0.05) is 42.5 Å². The Morgan fingerprint density at radius 3 is 2.71 bits per heavy atom. The molecule has 2 aromatic rings. The van der Waals surface area contributed by atoms with Crippen molar-refractivity contribution in [2.75, 3.05) is 37.6 Å². The summed E-state index contributed by atoms with van der Waals surface area (Å²) < 4.78 is 57.8. The van der Waals surface area contributed by atoms with Crippen LogP contribution in [0, 0.1) is 11.3 Å². The molecule has 13 heteroatoms. The number of amides is 2. The van der Waals surface area contributed by atoms with Crippen LogP contribution >= 0.6 is 0 Å². The highest BCUT2D eigenvalue weighted by molar-refractivity contribution is 7.90. The molecule has 12 nitrogen and oxygen atoms in total. The summed E-state index contributed by atoms with van der Waals surface area (Å²) in [6.07, 6.45) is 4.67. The molecule has 188 valence electrons. The number of nitrogens with zero attached hydrogens (tertiary/aromatic N) is 3. The lowest BCUT2D eigenvalue weighted by Crippen LogP contribution is -2.23. The number of ether oxygens (including phenoxy) is 2. The molecule has 2 aromatic heterocycles. The average Bonchev–Trinajstić information content (AvgIpc) is 3.72. The SMILES string of the molecule is [2H]C([2H])([2H])NC(=O)c1nnc(NC(=O)[C@H]2CC23CC3)cc1Nc1ncc(O[C@@H](C)COC)cc1S(C)(=O)=O. The van der Waals surface area contributed by atoms with Gasteiger partial charge >= 0.3 is 0 Å². The molecule has 2 heterocycles. The van der Waals surface area contributed by atoms with E-state index in [1.54, 1.807) is 6.92 Å². The number of carbonyl (C=O) groups is 2. The molecule has 0 saturated heterocycles. The molecule has 35 heavy (non-hydrogen) atoms. The standard InChI is InChI=1S/C22H28N6O6S/c1-12(11-33-3)34-13-7-16(35(4,31)32)19(24-10-13)25-15-8-17(27-28-18(15)21(30)23-2)26-20(29)14-9-22(14)5-6-22/h7-8,10,12,14H,5-6,9,11H2,1-4H3,(H,23,30)(H2,24,25,26,27,29)/t12-,14+/m0/s1/i2D3. The molecule has 2 fully saturated rings. The predicted molar refractivity (Wildman–Crippen MR) is 126 cm³/mol. The summed E-state index contributed by atoms with van der Waals surface area (Å²) in [6, 6.07) is 2.53. The minimum Gasteiger partial charge on any atom is -0.487 e. The van der Waals surface area contributed by atoms with Crippen LogP contribution in [0.3, 0.4) is 0 Å². The number of hydrogen-bond donors (Lipinski definition) is 3. The molecule has 2 saturated carbocycles. The van der Waals surface area contributed by atoms with Crippen molar-refractivity contribution < 1.29 is 31.6 Å². The van der Waals surface area contributed by atoms with Crippen molar-refractivity contribution >= 4 is 39.0 Å². The van der Waals surface area contributed by atoms with E-state index in [1.165, 1.54) is 25.4 Å². The molecule has 3 N–H and O–H groups in total. The lowest BCUT2D eigenvalue weighted by Gasteiger charge is -2.17. The zero-order chi connectivity index (χ0) is 27.9. The van der Waals surface area contributed by atoms with E-state index in [-0.39, 0.29) is 57.9 Å². The van der Waals surface area contributed by atoms with Gasteiger partial charge in [-0.1, -0.05) is 0 Å². The number of nitrogens with one attached hydrogen (secondary N) is 3.